The molecule has 2 unspecified atom stereocenters. The SMILES string of the molecule is CCCCC(C)CCC(C)C[Si]Oc1cncc(-c2cccnc2O[Si]CCCCC(C)(C)CCCC)n1. The Hall–Kier alpha value is -1.74. The summed E-state index contributed by atoms with van der Waals surface area (Å²) in [5.74, 6) is 2.69. The number of pyridine rings is 1. The highest BCUT2D eigenvalue weighted by molar-refractivity contribution is 6.28. The molecule has 38 heavy (non-hydrogen) atoms. The molecule has 2 aromatic heterocycles. The van der Waals surface area contributed by atoms with Crippen molar-refractivity contribution in [3.05, 3.63) is 30.7 Å². The van der Waals surface area contributed by atoms with Crippen LogP contribution in [0.2, 0.25) is 12.1 Å². The van der Waals surface area contributed by atoms with Crippen molar-refractivity contribution >= 4 is 19.5 Å². The summed E-state index contributed by atoms with van der Waals surface area (Å²) in [6.45, 7) is 14.1. The second-order valence-corrected chi connectivity index (χ2v) is 13.6. The van der Waals surface area contributed by atoms with Crippen LogP contribution >= 0.6 is 0 Å². The lowest BCUT2D eigenvalue weighted by atomic mass is 9.82. The maximum Gasteiger partial charge on any atom is 0.313 e. The largest absolute Gasteiger partial charge is 0.528 e. The summed E-state index contributed by atoms with van der Waals surface area (Å²) in [4.78, 5) is 13.6. The van der Waals surface area contributed by atoms with Gasteiger partial charge in [-0.05, 0) is 54.3 Å². The summed E-state index contributed by atoms with van der Waals surface area (Å²) in [6.07, 6.45) is 19.5. The normalized spacial score (nSPS) is 13.3. The van der Waals surface area contributed by atoms with E-state index < -0.39 is 0 Å². The number of nitrogens with zero attached hydrogens (tertiary/aromatic N) is 3. The molecule has 2 atom stereocenters. The van der Waals surface area contributed by atoms with E-state index in [4.69, 9.17) is 13.8 Å². The fraction of sp³-hybridized carbons (Fsp3) is 0.710. The fourth-order valence-corrected chi connectivity index (χ4v) is 6.13. The molecule has 0 saturated carbocycles. The third-order valence-electron chi connectivity index (χ3n) is 7.23. The Morgan fingerprint density at radius 2 is 1.63 bits per heavy atom. The average Bonchev–Trinajstić information content (AvgIpc) is 2.92. The molecule has 0 bridgehead atoms. The van der Waals surface area contributed by atoms with Gasteiger partial charge in [0.25, 0.3) is 0 Å². The lowest BCUT2D eigenvalue weighted by Gasteiger charge is -2.24. The number of unbranched alkanes of at least 4 members (excludes halogenated alkanes) is 3. The minimum absolute atomic E-state index is 0.393. The minimum atomic E-state index is 0.393. The topological polar surface area (TPSA) is 57.1 Å². The molecule has 0 aliphatic rings. The van der Waals surface area contributed by atoms with E-state index in [0.717, 1.165) is 29.3 Å². The van der Waals surface area contributed by atoms with Gasteiger partial charge in [-0.2, -0.15) is 0 Å². The highest BCUT2D eigenvalue weighted by Crippen LogP contribution is 2.30. The molecule has 4 radical (unpaired) electrons. The second-order valence-electron chi connectivity index (χ2n) is 11.7. The molecule has 5 nitrogen and oxygen atoms in total. The maximum absolute atomic E-state index is 6.12. The van der Waals surface area contributed by atoms with Crippen LogP contribution < -0.4 is 8.85 Å². The Kier molecular flexibility index (Phi) is 15.8. The van der Waals surface area contributed by atoms with Crippen LogP contribution in [0, 0.1) is 17.3 Å². The monoisotopic (exact) mass is 553 g/mol. The zero-order valence-corrected chi connectivity index (χ0v) is 26.9. The second kappa shape index (κ2) is 18.5. The highest BCUT2D eigenvalue weighted by Gasteiger charge is 2.17. The van der Waals surface area contributed by atoms with E-state index in [1.807, 2.05) is 12.1 Å². The predicted octanol–water partition coefficient (Wildman–Crippen LogP) is 9.00. The van der Waals surface area contributed by atoms with Crippen LogP contribution in [-0.2, 0) is 0 Å². The lowest BCUT2D eigenvalue weighted by molar-refractivity contribution is 0.288. The van der Waals surface area contributed by atoms with Crippen molar-refractivity contribution < 1.29 is 8.85 Å². The summed E-state index contributed by atoms with van der Waals surface area (Å²) in [5.41, 5.74) is 2.07. The van der Waals surface area contributed by atoms with E-state index in [1.165, 1.54) is 70.6 Å². The molecule has 0 spiro atoms. The van der Waals surface area contributed by atoms with E-state index in [9.17, 15) is 0 Å². The number of rotatable bonds is 21. The molecule has 0 N–H and O–H groups in total. The fourth-order valence-electron chi connectivity index (χ4n) is 4.52. The Labute approximate surface area is 238 Å². The maximum atomic E-state index is 6.12. The summed E-state index contributed by atoms with van der Waals surface area (Å²) in [5, 5.41) is 0. The average molecular weight is 554 g/mol. The van der Waals surface area contributed by atoms with Gasteiger partial charge in [0.15, 0.2) is 0 Å². The lowest BCUT2D eigenvalue weighted by Crippen LogP contribution is -2.11. The van der Waals surface area contributed by atoms with Gasteiger partial charge in [0.1, 0.15) is 0 Å². The zero-order valence-electron chi connectivity index (χ0n) is 24.9. The zero-order chi connectivity index (χ0) is 27.6. The van der Waals surface area contributed by atoms with E-state index in [1.54, 1.807) is 18.6 Å². The highest BCUT2D eigenvalue weighted by atomic mass is 28.2. The first kappa shape index (κ1) is 32.5. The smallest absolute Gasteiger partial charge is 0.313 e. The summed E-state index contributed by atoms with van der Waals surface area (Å²) < 4.78 is 12.1. The van der Waals surface area contributed by atoms with Gasteiger partial charge in [0.2, 0.25) is 11.8 Å². The van der Waals surface area contributed by atoms with E-state index in [2.05, 4.69) is 51.5 Å². The quantitative estimate of drug-likeness (QED) is 0.114. The van der Waals surface area contributed by atoms with E-state index >= 15 is 0 Å². The van der Waals surface area contributed by atoms with Crippen molar-refractivity contribution in [2.75, 3.05) is 0 Å². The third-order valence-corrected chi connectivity index (χ3v) is 9.34. The Morgan fingerprint density at radius 1 is 0.868 bits per heavy atom. The van der Waals surface area contributed by atoms with Gasteiger partial charge in [-0.25, -0.2) is 9.97 Å². The molecule has 0 saturated heterocycles. The standard InChI is InChI=1S/C31H51N3O2Si2/c1-7-9-14-25(3)16-17-26(4)24-38-35-29-23-32-22-28(34-29)27-15-13-20-33-30(27)36-37-21-12-11-19-31(5,6)18-10-8-2/h13,15,20,22-23,25-26H,7-12,14,16-19,21,24H2,1-6H3. The molecule has 0 aromatic carbocycles. The molecule has 210 valence electrons. The molecular weight excluding hydrogens is 503 g/mol. The molecule has 2 heterocycles. The van der Waals surface area contributed by atoms with Crippen LogP contribution in [0.15, 0.2) is 30.7 Å². The van der Waals surface area contributed by atoms with Crippen molar-refractivity contribution in [1.29, 1.82) is 0 Å². The van der Waals surface area contributed by atoms with Crippen LogP contribution in [0.5, 0.6) is 11.8 Å². The molecule has 7 heteroatoms. The van der Waals surface area contributed by atoms with Crippen molar-refractivity contribution in [2.24, 2.45) is 17.3 Å². The van der Waals surface area contributed by atoms with Gasteiger partial charge in [0, 0.05) is 6.20 Å². The molecule has 0 aliphatic heterocycles. The predicted molar refractivity (Wildman–Crippen MR) is 162 cm³/mol. The molecule has 2 aromatic rings. The van der Waals surface area contributed by atoms with Gasteiger partial charge < -0.3 is 8.85 Å². The number of hydrogen-bond acceptors (Lipinski definition) is 5. The number of hydrogen-bond donors (Lipinski definition) is 0. The van der Waals surface area contributed by atoms with Crippen LogP contribution in [0.25, 0.3) is 11.3 Å². The Morgan fingerprint density at radius 3 is 2.42 bits per heavy atom. The van der Waals surface area contributed by atoms with Gasteiger partial charge in [-0.15, -0.1) is 0 Å². The van der Waals surface area contributed by atoms with Crippen molar-refractivity contribution in [3.63, 3.8) is 0 Å². The molecule has 2 rings (SSSR count). The summed E-state index contributed by atoms with van der Waals surface area (Å²) >= 11 is 0. The summed E-state index contributed by atoms with van der Waals surface area (Å²) in [7, 11) is 0.789. The van der Waals surface area contributed by atoms with E-state index in [-0.39, 0.29) is 0 Å². The van der Waals surface area contributed by atoms with Crippen molar-refractivity contribution in [3.8, 4) is 23.0 Å². The first-order valence-electron chi connectivity index (χ1n) is 14.9. The minimum Gasteiger partial charge on any atom is -0.528 e. The van der Waals surface area contributed by atoms with Crippen LogP contribution in [0.4, 0.5) is 0 Å². The van der Waals surface area contributed by atoms with Crippen LogP contribution in [0.3, 0.4) is 0 Å². The van der Waals surface area contributed by atoms with Gasteiger partial charge in [-0.3, -0.25) is 4.98 Å². The number of aromatic nitrogens is 3. The third kappa shape index (κ3) is 13.4. The van der Waals surface area contributed by atoms with Crippen LogP contribution in [-0.4, -0.2) is 34.5 Å². The Balaban J connectivity index is 1.78. The van der Waals surface area contributed by atoms with Gasteiger partial charge in [-0.1, -0.05) is 99.3 Å². The molecule has 0 fully saturated rings. The van der Waals surface area contributed by atoms with Crippen LogP contribution in [0.1, 0.15) is 112 Å². The first-order valence-corrected chi connectivity index (χ1v) is 17.1. The Bertz CT molecular complexity index is 897. The van der Waals surface area contributed by atoms with E-state index in [0.29, 0.717) is 42.6 Å². The molecule has 0 aliphatic carbocycles. The van der Waals surface area contributed by atoms with Gasteiger partial charge in [0.05, 0.1) is 23.7 Å². The molecular formula is C31H51N3O2Si2. The summed E-state index contributed by atoms with van der Waals surface area (Å²) in [6, 6.07) is 6.04. The van der Waals surface area contributed by atoms with Gasteiger partial charge >= 0.3 is 19.5 Å². The van der Waals surface area contributed by atoms with Crippen molar-refractivity contribution in [2.45, 2.75) is 124 Å². The first-order chi connectivity index (χ1) is 18.3. The molecule has 0 amide bonds. The van der Waals surface area contributed by atoms with Crippen molar-refractivity contribution in [1.82, 2.24) is 15.0 Å².